The van der Waals surface area contributed by atoms with Gasteiger partial charge in [-0.2, -0.15) is 0 Å². The molecule has 0 saturated heterocycles. The number of ketones is 1. The number of aryl methyl sites for hydroxylation is 2. The molecule has 0 bridgehead atoms. The summed E-state index contributed by atoms with van der Waals surface area (Å²) in [6.45, 7) is 3.96. The first-order valence-electron chi connectivity index (χ1n) is 8.07. The van der Waals surface area contributed by atoms with Gasteiger partial charge in [-0.05, 0) is 43.2 Å². The molecule has 0 saturated carbocycles. The van der Waals surface area contributed by atoms with Gasteiger partial charge in [-0.3, -0.25) is 9.59 Å². The number of ether oxygens (including phenoxy) is 2. The van der Waals surface area contributed by atoms with E-state index in [1.165, 1.54) is 7.11 Å². The Morgan fingerprint density at radius 1 is 0.920 bits per heavy atom. The van der Waals surface area contributed by atoms with E-state index in [2.05, 4.69) is 5.32 Å². The lowest BCUT2D eigenvalue weighted by atomic mass is 10.0. The van der Waals surface area contributed by atoms with Crippen molar-refractivity contribution in [3.63, 3.8) is 0 Å². The number of amides is 1. The van der Waals surface area contributed by atoms with Gasteiger partial charge >= 0.3 is 0 Å². The molecule has 2 rings (SSSR count). The van der Waals surface area contributed by atoms with Crippen molar-refractivity contribution in [2.45, 2.75) is 26.7 Å². The van der Waals surface area contributed by atoms with Crippen molar-refractivity contribution in [1.82, 2.24) is 0 Å². The second-order valence-electron chi connectivity index (χ2n) is 5.84. The quantitative estimate of drug-likeness (QED) is 0.775. The first-order valence-corrected chi connectivity index (χ1v) is 8.07. The van der Waals surface area contributed by atoms with E-state index in [9.17, 15) is 9.59 Å². The van der Waals surface area contributed by atoms with E-state index in [-0.39, 0.29) is 24.5 Å². The van der Waals surface area contributed by atoms with Crippen LogP contribution in [0.2, 0.25) is 0 Å². The van der Waals surface area contributed by atoms with Crippen LogP contribution in [-0.4, -0.2) is 25.9 Å². The highest BCUT2D eigenvalue weighted by atomic mass is 16.5. The Morgan fingerprint density at radius 3 is 2.32 bits per heavy atom. The van der Waals surface area contributed by atoms with E-state index < -0.39 is 0 Å². The summed E-state index contributed by atoms with van der Waals surface area (Å²) < 4.78 is 10.4. The zero-order valence-electron chi connectivity index (χ0n) is 15.0. The van der Waals surface area contributed by atoms with Crippen molar-refractivity contribution in [3.05, 3.63) is 53.1 Å². The first-order chi connectivity index (χ1) is 11.9. The van der Waals surface area contributed by atoms with Gasteiger partial charge in [0.05, 0.1) is 19.9 Å². The number of anilines is 1. The molecule has 5 nitrogen and oxygen atoms in total. The van der Waals surface area contributed by atoms with E-state index in [1.807, 2.05) is 26.0 Å². The van der Waals surface area contributed by atoms with E-state index in [1.54, 1.807) is 31.4 Å². The molecule has 132 valence electrons. The molecule has 1 amide bonds. The van der Waals surface area contributed by atoms with Gasteiger partial charge in [0.1, 0.15) is 11.5 Å². The minimum atomic E-state index is -0.247. The van der Waals surface area contributed by atoms with Crippen molar-refractivity contribution >= 4 is 17.4 Å². The molecule has 0 unspecified atom stereocenters. The summed E-state index contributed by atoms with van der Waals surface area (Å²) in [7, 11) is 3.08. The fraction of sp³-hybridized carbons (Fsp3) is 0.300. The van der Waals surface area contributed by atoms with Gasteiger partial charge in [-0.1, -0.05) is 12.1 Å². The Morgan fingerprint density at radius 2 is 1.68 bits per heavy atom. The molecule has 0 heterocycles. The summed E-state index contributed by atoms with van der Waals surface area (Å²) in [5, 5.41) is 2.77. The van der Waals surface area contributed by atoms with E-state index in [0.29, 0.717) is 22.7 Å². The minimum Gasteiger partial charge on any atom is -0.497 e. The molecule has 1 N–H and O–H groups in total. The molecular weight excluding hydrogens is 318 g/mol. The van der Waals surface area contributed by atoms with E-state index in [0.717, 1.165) is 11.1 Å². The standard InChI is InChI=1S/C20H23NO4/c1-13-5-6-15(11-14(13)2)18(22)8-10-20(23)21-17-12-16(24-3)7-9-19(17)25-4/h5-7,9,11-12H,8,10H2,1-4H3,(H,21,23). The molecule has 25 heavy (non-hydrogen) atoms. The number of methoxy groups -OCH3 is 2. The topological polar surface area (TPSA) is 64.6 Å². The lowest BCUT2D eigenvalue weighted by Gasteiger charge is -2.11. The molecule has 0 atom stereocenters. The summed E-state index contributed by atoms with van der Waals surface area (Å²) in [5.41, 5.74) is 3.36. The Kier molecular flexibility index (Phi) is 6.17. The SMILES string of the molecule is COc1ccc(OC)c(NC(=O)CCC(=O)c2ccc(C)c(C)c2)c1. The zero-order chi connectivity index (χ0) is 18.4. The molecular formula is C20H23NO4. The number of hydrogen-bond donors (Lipinski definition) is 1. The predicted octanol–water partition coefficient (Wildman–Crippen LogP) is 3.92. The Balaban J connectivity index is 1.98. The maximum atomic E-state index is 12.3. The predicted molar refractivity (Wildman–Crippen MR) is 97.7 cm³/mol. The number of carbonyl (C=O) groups excluding carboxylic acids is 2. The maximum absolute atomic E-state index is 12.3. The molecule has 2 aromatic carbocycles. The van der Waals surface area contributed by atoms with Crippen LogP contribution < -0.4 is 14.8 Å². The summed E-state index contributed by atoms with van der Waals surface area (Å²) in [6.07, 6.45) is 0.257. The van der Waals surface area contributed by atoms with Gasteiger partial charge in [0.15, 0.2) is 5.78 Å². The summed E-state index contributed by atoms with van der Waals surface area (Å²) in [6, 6.07) is 10.7. The van der Waals surface area contributed by atoms with Crippen molar-refractivity contribution < 1.29 is 19.1 Å². The highest BCUT2D eigenvalue weighted by Crippen LogP contribution is 2.29. The van der Waals surface area contributed by atoms with Crippen LogP contribution in [0.5, 0.6) is 11.5 Å². The van der Waals surface area contributed by atoms with Crippen LogP contribution in [-0.2, 0) is 4.79 Å². The van der Waals surface area contributed by atoms with Crippen molar-refractivity contribution in [1.29, 1.82) is 0 Å². The van der Waals surface area contributed by atoms with Crippen LogP contribution in [0.3, 0.4) is 0 Å². The molecule has 0 aliphatic rings. The number of nitrogens with one attached hydrogen (secondary N) is 1. The van der Waals surface area contributed by atoms with E-state index in [4.69, 9.17) is 9.47 Å². The minimum absolute atomic E-state index is 0.0455. The van der Waals surface area contributed by atoms with Gasteiger partial charge < -0.3 is 14.8 Å². The monoisotopic (exact) mass is 341 g/mol. The first kappa shape index (κ1) is 18.5. The van der Waals surface area contributed by atoms with Crippen LogP contribution in [0.1, 0.15) is 34.3 Å². The van der Waals surface area contributed by atoms with Crippen LogP contribution in [0, 0.1) is 13.8 Å². The number of carbonyl (C=O) groups is 2. The van der Waals surface area contributed by atoms with Gasteiger partial charge in [0.25, 0.3) is 0 Å². The zero-order valence-corrected chi connectivity index (χ0v) is 15.0. The van der Waals surface area contributed by atoms with Gasteiger partial charge in [0, 0.05) is 24.5 Å². The van der Waals surface area contributed by atoms with Crippen LogP contribution >= 0.6 is 0 Å². The summed E-state index contributed by atoms with van der Waals surface area (Å²) in [5.74, 6) is 0.858. The Bertz CT molecular complexity index is 783. The molecule has 0 fully saturated rings. The molecule has 2 aromatic rings. The lowest BCUT2D eigenvalue weighted by Crippen LogP contribution is -2.14. The van der Waals surface area contributed by atoms with Crippen molar-refractivity contribution in [2.24, 2.45) is 0 Å². The molecule has 0 aliphatic carbocycles. The Hall–Kier alpha value is -2.82. The summed E-state index contributed by atoms with van der Waals surface area (Å²) in [4.78, 5) is 24.4. The summed E-state index contributed by atoms with van der Waals surface area (Å²) >= 11 is 0. The second-order valence-corrected chi connectivity index (χ2v) is 5.84. The molecule has 0 aromatic heterocycles. The molecule has 5 heteroatoms. The normalized spacial score (nSPS) is 10.2. The van der Waals surface area contributed by atoms with Crippen LogP contribution in [0.25, 0.3) is 0 Å². The third-order valence-electron chi connectivity index (χ3n) is 4.09. The van der Waals surface area contributed by atoms with Crippen molar-refractivity contribution in [3.8, 4) is 11.5 Å². The fourth-order valence-electron chi connectivity index (χ4n) is 2.41. The second kappa shape index (κ2) is 8.33. The van der Waals surface area contributed by atoms with Gasteiger partial charge in [0.2, 0.25) is 5.91 Å². The fourth-order valence-corrected chi connectivity index (χ4v) is 2.41. The molecule has 0 spiro atoms. The van der Waals surface area contributed by atoms with Crippen LogP contribution in [0.15, 0.2) is 36.4 Å². The lowest BCUT2D eigenvalue weighted by molar-refractivity contribution is -0.116. The van der Waals surface area contributed by atoms with E-state index >= 15 is 0 Å². The number of rotatable bonds is 7. The molecule has 0 radical (unpaired) electrons. The van der Waals surface area contributed by atoms with Gasteiger partial charge in [-0.25, -0.2) is 0 Å². The average molecular weight is 341 g/mol. The maximum Gasteiger partial charge on any atom is 0.224 e. The highest BCUT2D eigenvalue weighted by Gasteiger charge is 2.13. The smallest absolute Gasteiger partial charge is 0.224 e. The number of benzene rings is 2. The third kappa shape index (κ3) is 4.83. The van der Waals surface area contributed by atoms with Gasteiger partial charge in [-0.15, -0.1) is 0 Å². The Labute approximate surface area is 148 Å². The number of Topliss-reactive ketones (excluding diaryl/α,β-unsaturated/α-hetero) is 1. The largest absolute Gasteiger partial charge is 0.497 e. The average Bonchev–Trinajstić information content (AvgIpc) is 2.61. The molecule has 0 aliphatic heterocycles. The third-order valence-corrected chi connectivity index (χ3v) is 4.09. The number of hydrogen-bond acceptors (Lipinski definition) is 4. The van der Waals surface area contributed by atoms with Crippen molar-refractivity contribution in [2.75, 3.05) is 19.5 Å². The van der Waals surface area contributed by atoms with Crippen LogP contribution in [0.4, 0.5) is 5.69 Å². The highest BCUT2D eigenvalue weighted by molar-refractivity contribution is 6.00.